The topological polar surface area (TPSA) is 55.1 Å². The van der Waals surface area contributed by atoms with Crippen LogP contribution in [0.3, 0.4) is 0 Å². The van der Waals surface area contributed by atoms with Crippen molar-refractivity contribution in [3.05, 3.63) is 29.3 Å². The minimum absolute atomic E-state index is 0.0196. The van der Waals surface area contributed by atoms with Crippen molar-refractivity contribution in [3.8, 4) is 0 Å². The van der Waals surface area contributed by atoms with Crippen LogP contribution in [0.25, 0.3) is 0 Å². The molecule has 3 nitrogen and oxygen atoms in total. The number of amides is 1. The first-order chi connectivity index (χ1) is 8.73. The predicted molar refractivity (Wildman–Crippen MR) is 81.2 cm³/mol. The number of nitrogens with one attached hydrogen (secondary N) is 1. The van der Waals surface area contributed by atoms with Gasteiger partial charge in [-0.05, 0) is 42.9 Å². The minimum atomic E-state index is -0.139. The Labute approximate surface area is 116 Å². The first-order valence-corrected chi connectivity index (χ1v) is 6.81. The highest BCUT2D eigenvalue weighted by Gasteiger charge is 2.24. The van der Waals surface area contributed by atoms with Crippen LogP contribution in [0.15, 0.2) is 18.2 Å². The fourth-order valence-corrected chi connectivity index (χ4v) is 2.13. The van der Waals surface area contributed by atoms with E-state index >= 15 is 0 Å². The third-order valence-electron chi connectivity index (χ3n) is 3.17. The number of hydrogen-bond donors (Lipinski definition) is 2. The molecular formula is C16H26N2O. The molecule has 1 aromatic rings. The van der Waals surface area contributed by atoms with Crippen molar-refractivity contribution in [2.45, 2.75) is 41.0 Å². The zero-order valence-corrected chi connectivity index (χ0v) is 12.7. The second-order valence-corrected chi connectivity index (χ2v) is 6.51. The Morgan fingerprint density at radius 2 is 1.95 bits per heavy atom. The standard InChI is InChI=1S/C16H26N2O/c1-11-6-7-12(2)14(8-11)18-15(19)13(10-17)9-16(3,4)5/h6-8,13H,9-10,17H2,1-5H3,(H,18,19). The van der Waals surface area contributed by atoms with E-state index in [4.69, 9.17) is 5.73 Å². The molecule has 19 heavy (non-hydrogen) atoms. The maximum atomic E-state index is 12.3. The van der Waals surface area contributed by atoms with Crippen molar-refractivity contribution in [2.75, 3.05) is 11.9 Å². The van der Waals surface area contributed by atoms with E-state index in [0.717, 1.165) is 23.2 Å². The van der Waals surface area contributed by atoms with Crippen LogP contribution in [-0.2, 0) is 4.79 Å². The van der Waals surface area contributed by atoms with Gasteiger partial charge in [0, 0.05) is 12.2 Å². The van der Waals surface area contributed by atoms with Gasteiger partial charge in [-0.15, -0.1) is 0 Å². The van der Waals surface area contributed by atoms with Crippen molar-refractivity contribution in [1.82, 2.24) is 0 Å². The van der Waals surface area contributed by atoms with Gasteiger partial charge >= 0.3 is 0 Å². The van der Waals surface area contributed by atoms with Gasteiger partial charge in [0.2, 0.25) is 5.91 Å². The predicted octanol–water partition coefficient (Wildman–Crippen LogP) is 3.25. The Bertz CT molecular complexity index is 447. The van der Waals surface area contributed by atoms with Crippen LogP contribution >= 0.6 is 0 Å². The molecule has 0 spiro atoms. The van der Waals surface area contributed by atoms with Gasteiger partial charge in [0.05, 0.1) is 5.92 Å². The lowest BCUT2D eigenvalue weighted by Crippen LogP contribution is -2.32. The number of benzene rings is 1. The zero-order valence-electron chi connectivity index (χ0n) is 12.7. The molecule has 106 valence electrons. The molecule has 0 aliphatic carbocycles. The maximum absolute atomic E-state index is 12.3. The Hall–Kier alpha value is -1.35. The van der Waals surface area contributed by atoms with E-state index in [1.807, 2.05) is 32.0 Å². The summed E-state index contributed by atoms with van der Waals surface area (Å²) in [5, 5.41) is 3.01. The van der Waals surface area contributed by atoms with E-state index in [1.165, 1.54) is 0 Å². The maximum Gasteiger partial charge on any atom is 0.228 e. The quantitative estimate of drug-likeness (QED) is 0.875. The van der Waals surface area contributed by atoms with Gasteiger partial charge in [-0.3, -0.25) is 4.79 Å². The molecule has 0 aromatic heterocycles. The summed E-state index contributed by atoms with van der Waals surface area (Å²) in [5.74, 6) is -0.119. The number of anilines is 1. The van der Waals surface area contributed by atoms with Crippen LogP contribution in [0.4, 0.5) is 5.69 Å². The molecule has 0 fully saturated rings. The van der Waals surface area contributed by atoms with Gasteiger partial charge in [0.1, 0.15) is 0 Å². The Kier molecular flexibility index (Phi) is 5.12. The highest BCUT2D eigenvalue weighted by Crippen LogP contribution is 2.25. The van der Waals surface area contributed by atoms with Crippen LogP contribution in [-0.4, -0.2) is 12.5 Å². The molecule has 0 saturated carbocycles. The van der Waals surface area contributed by atoms with Crippen molar-refractivity contribution in [1.29, 1.82) is 0 Å². The van der Waals surface area contributed by atoms with Crippen LogP contribution in [0.5, 0.6) is 0 Å². The molecule has 0 radical (unpaired) electrons. The molecular weight excluding hydrogens is 236 g/mol. The normalized spacial score (nSPS) is 13.2. The van der Waals surface area contributed by atoms with E-state index < -0.39 is 0 Å². The zero-order chi connectivity index (χ0) is 14.6. The average Bonchev–Trinajstić information content (AvgIpc) is 2.29. The van der Waals surface area contributed by atoms with Crippen molar-refractivity contribution >= 4 is 11.6 Å². The first-order valence-electron chi connectivity index (χ1n) is 6.81. The van der Waals surface area contributed by atoms with Gasteiger partial charge in [-0.1, -0.05) is 32.9 Å². The van der Waals surface area contributed by atoms with Crippen molar-refractivity contribution < 1.29 is 4.79 Å². The molecule has 0 heterocycles. The van der Waals surface area contributed by atoms with E-state index in [0.29, 0.717) is 6.54 Å². The SMILES string of the molecule is Cc1ccc(C)c(NC(=O)C(CN)CC(C)(C)C)c1. The first kappa shape index (κ1) is 15.7. The van der Waals surface area contributed by atoms with Crippen LogP contribution in [0.2, 0.25) is 0 Å². The van der Waals surface area contributed by atoms with E-state index in [-0.39, 0.29) is 17.2 Å². The molecule has 0 aliphatic heterocycles. The number of rotatable bonds is 4. The van der Waals surface area contributed by atoms with Crippen LogP contribution in [0.1, 0.15) is 38.3 Å². The number of carbonyl (C=O) groups is 1. The van der Waals surface area contributed by atoms with Crippen LogP contribution in [0, 0.1) is 25.2 Å². The molecule has 1 unspecified atom stereocenters. The number of nitrogens with two attached hydrogens (primary N) is 1. The summed E-state index contributed by atoms with van der Waals surface area (Å²) in [6, 6.07) is 6.06. The average molecular weight is 262 g/mol. The highest BCUT2D eigenvalue weighted by atomic mass is 16.1. The molecule has 0 saturated heterocycles. The molecule has 1 aromatic carbocycles. The van der Waals surface area contributed by atoms with Gasteiger partial charge < -0.3 is 11.1 Å². The molecule has 1 rings (SSSR count). The lowest BCUT2D eigenvalue weighted by atomic mass is 9.84. The van der Waals surface area contributed by atoms with Gasteiger partial charge in [0.15, 0.2) is 0 Å². The number of hydrogen-bond acceptors (Lipinski definition) is 2. The summed E-state index contributed by atoms with van der Waals surface area (Å²) < 4.78 is 0. The largest absolute Gasteiger partial charge is 0.330 e. The fourth-order valence-electron chi connectivity index (χ4n) is 2.13. The number of carbonyl (C=O) groups excluding carboxylic acids is 1. The van der Waals surface area contributed by atoms with Gasteiger partial charge in [-0.2, -0.15) is 0 Å². The summed E-state index contributed by atoms with van der Waals surface area (Å²) in [6.07, 6.45) is 0.792. The molecule has 1 amide bonds. The molecule has 0 aliphatic rings. The lowest BCUT2D eigenvalue weighted by molar-refractivity contribution is -0.120. The Balaban J connectivity index is 2.80. The lowest BCUT2D eigenvalue weighted by Gasteiger charge is -2.24. The summed E-state index contributed by atoms with van der Waals surface area (Å²) in [6.45, 7) is 10.8. The molecule has 3 N–H and O–H groups in total. The Morgan fingerprint density at radius 3 is 2.47 bits per heavy atom. The second-order valence-electron chi connectivity index (χ2n) is 6.51. The smallest absolute Gasteiger partial charge is 0.228 e. The molecule has 0 bridgehead atoms. The van der Waals surface area contributed by atoms with Gasteiger partial charge in [0.25, 0.3) is 0 Å². The van der Waals surface area contributed by atoms with Crippen molar-refractivity contribution in [3.63, 3.8) is 0 Å². The monoisotopic (exact) mass is 262 g/mol. The summed E-state index contributed by atoms with van der Waals surface area (Å²) >= 11 is 0. The van der Waals surface area contributed by atoms with E-state index in [9.17, 15) is 4.79 Å². The van der Waals surface area contributed by atoms with E-state index in [1.54, 1.807) is 0 Å². The summed E-state index contributed by atoms with van der Waals surface area (Å²) in [7, 11) is 0. The van der Waals surface area contributed by atoms with Crippen LogP contribution < -0.4 is 11.1 Å². The number of aryl methyl sites for hydroxylation is 2. The molecule has 1 atom stereocenters. The minimum Gasteiger partial charge on any atom is -0.330 e. The van der Waals surface area contributed by atoms with Crippen molar-refractivity contribution in [2.24, 2.45) is 17.1 Å². The summed E-state index contributed by atoms with van der Waals surface area (Å²) in [4.78, 5) is 12.3. The fraction of sp³-hybridized carbons (Fsp3) is 0.562. The van der Waals surface area contributed by atoms with E-state index in [2.05, 4.69) is 26.1 Å². The van der Waals surface area contributed by atoms with Gasteiger partial charge in [-0.25, -0.2) is 0 Å². The Morgan fingerprint density at radius 1 is 1.32 bits per heavy atom. The molecule has 3 heteroatoms. The highest BCUT2D eigenvalue weighted by molar-refractivity contribution is 5.93. The third-order valence-corrected chi connectivity index (χ3v) is 3.17. The third kappa shape index (κ3) is 5.03. The second kappa shape index (κ2) is 6.20. The summed E-state index contributed by atoms with van der Waals surface area (Å²) in [5.41, 5.74) is 8.94.